The molecule has 0 aliphatic rings. The zero-order valence-corrected chi connectivity index (χ0v) is 15.5. The number of para-hydroxylation sites is 2. The van der Waals surface area contributed by atoms with Crippen LogP contribution in [0.3, 0.4) is 0 Å². The van der Waals surface area contributed by atoms with Gasteiger partial charge in [-0.2, -0.15) is 0 Å². The molecule has 3 aromatic rings. The number of halogens is 1. The molecule has 2 aromatic carbocycles. The molecule has 27 heavy (non-hydrogen) atoms. The molecule has 0 saturated carbocycles. The van der Waals surface area contributed by atoms with Crippen molar-refractivity contribution in [3.63, 3.8) is 0 Å². The van der Waals surface area contributed by atoms with Gasteiger partial charge in [0.05, 0.1) is 12.3 Å². The lowest BCUT2D eigenvalue weighted by molar-refractivity contribution is 0.0945. The molecule has 7 heteroatoms. The summed E-state index contributed by atoms with van der Waals surface area (Å²) in [6.07, 6.45) is 0. The van der Waals surface area contributed by atoms with Gasteiger partial charge in [0.1, 0.15) is 5.75 Å². The van der Waals surface area contributed by atoms with Crippen LogP contribution in [-0.2, 0) is 6.54 Å². The zero-order valence-electron chi connectivity index (χ0n) is 14.8. The van der Waals surface area contributed by atoms with Crippen molar-refractivity contribution >= 4 is 29.0 Å². The maximum Gasteiger partial charge on any atom is 0.272 e. The van der Waals surface area contributed by atoms with Crippen LogP contribution in [0.5, 0.6) is 5.75 Å². The molecular formula is C20H19ClN4O2. The van der Waals surface area contributed by atoms with E-state index in [1.54, 1.807) is 18.2 Å². The molecule has 1 heterocycles. The van der Waals surface area contributed by atoms with Crippen molar-refractivity contribution in [3.05, 3.63) is 76.9 Å². The first-order valence-electron chi connectivity index (χ1n) is 8.51. The molecule has 0 aliphatic carbocycles. The van der Waals surface area contributed by atoms with Crippen molar-refractivity contribution in [1.29, 1.82) is 0 Å². The Morgan fingerprint density at radius 1 is 1.04 bits per heavy atom. The van der Waals surface area contributed by atoms with Crippen LogP contribution in [0.2, 0.25) is 5.02 Å². The zero-order chi connectivity index (χ0) is 19.1. The molecule has 0 unspecified atom stereocenters. The van der Waals surface area contributed by atoms with Crippen LogP contribution in [0.4, 0.5) is 11.5 Å². The number of hydrogen-bond donors (Lipinski definition) is 2. The van der Waals surface area contributed by atoms with Crippen LogP contribution in [0.1, 0.15) is 23.0 Å². The second-order valence-corrected chi connectivity index (χ2v) is 6.04. The van der Waals surface area contributed by atoms with Crippen molar-refractivity contribution in [3.8, 4) is 5.75 Å². The molecule has 2 N–H and O–H groups in total. The quantitative estimate of drug-likeness (QED) is 0.640. The number of amides is 1. The number of nitrogens with one attached hydrogen (secondary N) is 2. The topological polar surface area (TPSA) is 76.1 Å². The Morgan fingerprint density at radius 3 is 2.56 bits per heavy atom. The third-order valence-electron chi connectivity index (χ3n) is 3.74. The molecule has 0 radical (unpaired) electrons. The van der Waals surface area contributed by atoms with E-state index in [-0.39, 0.29) is 11.6 Å². The number of aromatic nitrogens is 2. The first kappa shape index (κ1) is 18.7. The first-order chi connectivity index (χ1) is 13.2. The van der Waals surface area contributed by atoms with Gasteiger partial charge in [-0.25, -0.2) is 0 Å². The summed E-state index contributed by atoms with van der Waals surface area (Å²) in [4.78, 5) is 12.2. The van der Waals surface area contributed by atoms with Gasteiger partial charge < -0.3 is 15.4 Å². The monoisotopic (exact) mass is 382 g/mol. The van der Waals surface area contributed by atoms with Gasteiger partial charge in [-0.3, -0.25) is 4.79 Å². The highest BCUT2D eigenvalue weighted by Crippen LogP contribution is 2.26. The molecule has 0 bridgehead atoms. The van der Waals surface area contributed by atoms with Gasteiger partial charge in [0.2, 0.25) is 0 Å². The standard InChI is InChI=1S/C20H19ClN4O2/c1-2-27-18-10-6-5-9-16(18)23-19-12-11-17(24-25-19)20(26)22-13-14-7-3-4-8-15(14)21/h3-12H,2,13H2,1H3,(H,22,26)(H,23,25). The Morgan fingerprint density at radius 2 is 1.81 bits per heavy atom. The fourth-order valence-corrected chi connectivity index (χ4v) is 2.62. The van der Waals surface area contributed by atoms with Crippen molar-refractivity contribution in [2.24, 2.45) is 0 Å². The summed E-state index contributed by atoms with van der Waals surface area (Å²) in [5.41, 5.74) is 1.85. The molecule has 0 atom stereocenters. The number of carbonyl (C=O) groups is 1. The third-order valence-corrected chi connectivity index (χ3v) is 4.11. The number of hydrogen-bond acceptors (Lipinski definition) is 5. The van der Waals surface area contributed by atoms with E-state index in [2.05, 4.69) is 20.8 Å². The van der Waals surface area contributed by atoms with Crippen LogP contribution in [0.15, 0.2) is 60.7 Å². The van der Waals surface area contributed by atoms with Crippen LogP contribution in [0, 0.1) is 0 Å². The van der Waals surface area contributed by atoms with Gasteiger partial charge in [-0.15, -0.1) is 10.2 Å². The molecule has 3 rings (SSSR count). The maximum absolute atomic E-state index is 12.2. The third kappa shape index (κ3) is 4.95. The van der Waals surface area contributed by atoms with E-state index in [9.17, 15) is 4.79 Å². The van der Waals surface area contributed by atoms with Gasteiger partial charge in [-0.1, -0.05) is 41.9 Å². The van der Waals surface area contributed by atoms with Crippen molar-refractivity contribution in [1.82, 2.24) is 15.5 Å². The van der Waals surface area contributed by atoms with Crippen molar-refractivity contribution in [2.45, 2.75) is 13.5 Å². The summed E-state index contributed by atoms with van der Waals surface area (Å²) in [6, 6.07) is 18.2. The van der Waals surface area contributed by atoms with E-state index in [1.807, 2.05) is 49.4 Å². The summed E-state index contributed by atoms with van der Waals surface area (Å²) in [6.45, 7) is 2.81. The highest BCUT2D eigenvalue weighted by atomic mass is 35.5. The predicted molar refractivity (Wildman–Crippen MR) is 106 cm³/mol. The second-order valence-electron chi connectivity index (χ2n) is 5.63. The normalized spacial score (nSPS) is 10.3. The highest BCUT2D eigenvalue weighted by molar-refractivity contribution is 6.31. The SMILES string of the molecule is CCOc1ccccc1Nc1ccc(C(=O)NCc2ccccc2Cl)nn1. The van der Waals surface area contributed by atoms with Gasteiger partial charge in [0.15, 0.2) is 11.5 Å². The smallest absolute Gasteiger partial charge is 0.272 e. The average Bonchev–Trinajstić information content (AvgIpc) is 2.69. The van der Waals surface area contributed by atoms with E-state index in [1.165, 1.54) is 0 Å². The van der Waals surface area contributed by atoms with Crippen LogP contribution >= 0.6 is 11.6 Å². The number of ether oxygens (including phenoxy) is 1. The first-order valence-corrected chi connectivity index (χ1v) is 8.89. The predicted octanol–water partition coefficient (Wildman–Crippen LogP) is 4.20. The number of carbonyl (C=O) groups excluding carboxylic acids is 1. The minimum atomic E-state index is -0.316. The Labute approximate surface area is 162 Å². The molecule has 1 aromatic heterocycles. The minimum absolute atomic E-state index is 0.227. The Bertz CT molecular complexity index is 916. The summed E-state index contributed by atoms with van der Waals surface area (Å²) < 4.78 is 5.57. The summed E-state index contributed by atoms with van der Waals surface area (Å²) in [5.74, 6) is 0.928. The lowest BCUT2D eigenvalue weighted by Crippen LogP contribution is -2.24. The lowest BCUT2D eigenvalue weighted by Gasteiger charge is -2.11. The molecule has 6 nitrogen and oxygen atoms in total. The Kier molecular flexibility index (Phi) is 6.22. The lowest BCUT2D eigenvalue weighted by atomic mass is 10.2. The second kappa shape index (κ2) is 9.00. The van der Waals surface area contributed by atoms with Crippen molar-refractivity contribution in [2.75, 3.05) is 11.9 Å². The van der Waals surface area contributed by atoms with Crippen LogP contribution < -0.4 is 15.4 Å². The Balaban J connectivity index is 1.63. The fraction of sp³-hybridized carbons (Fsp3) is 0.150. The fourth-order valence-electron chi connectivity index (χ4n) is 2.42. The average molecular weight is 383 g/mol. The molecule has 0 fully saturated rings. The Hall–Kier alpha value is -3.12. The minimum Gasteiger partial charge on any atom is -0.492 e. The van der Waals surface area contributed by atoms with Gasteiger partial charge in [-0.05, 0) is 42.8 Å². The van der Waals surface area contributed by atoms with E-state index < -0.39 is 0 Å². The summed E-state index contributed by atoms with van der Waals surface area (Å²) >= 11 is 6.09. The number of nitrogens with zero attached hydrogens (tertiary/aromatic N) is 2. The summed E-state index contributed by atoms with van der Waals surface area (Å²) in [5, 5.41) is 14.6. The molecule has 0 spiro atoms. The number of rotatable bonds is 7. The summed E-state index contributed by atoms with van der Waals surface area (Å²) in [7, 11) is 0. The molecule has 1 amide bonds. The van der Waals surface area contributed by atoms with Crippen LogP contribution in [0.25, 0.3) is 0 Å². The molecule has 0 aliphatic heterocycles. The largest absolute Gasteiger partial charge is 0.492 e. The van der Waals surface area contributed by atoms with Gasteiger partial charge >= 0.3 is 0 Å². The molecule has 0 saturated heterocycles. The van der Waals surface area contributed by atoms with E-state index >= 15 is 0 Å². The van der Waals surface area contributed by atoms with Crippen LogP contribution in [-0.4, -0.2) is 22.7 Å². The number of benzene rings is 2. The van der Waals surface area contributed by atoms with Gasteiger partial charge in [0.25, 0.3) is 5.91 Å². The maximum atomic E-state index is 12.2. The van der Waals surface area contributed by atoms with Crippen molar-refractivity contribution < 1.29 is 9.53 Å². The molecule has 138 valence electrons. The highest BCUT2D eigenvalue weighted by Gasteiger charge is 2.10. The van der Waals surface area contributed by atoms with E-state index in [0.29, 0.717) is 24.0 Å². The van der Waals surface area contributed by atoms with E-state index in [4.69, 9.17) is 16.3 Å². The molecular weight excluding hydrogens is 364 g/mol. The van der Waals surface area contributed by atoms with Gasteiger partial charge in [0, 0.05) is 11.6 Å². The van der Waals surface area contributed by atoms with E-state index in [0.717, 1.165) is 17.0 Å². The number of anilines is 2.